The molecule has 0 amide bonds. The van der Waals surface area contributed by atoms with Crippen LogP contribution in [-0.2, 0) is 19.2 Å². The van der Waals surface area contributed by atoms with Crippen molar-refractivity contribution < 1.29 is 9.59 Å². The lowest BCUT2D eigenvalue weighted by Crippen LogP contribution is -2.41. The molecular weight excluding hydrogens is 430 g/mol. The van der Waals surface area contributed by atoms with Gasteiger partial charge < -0.3 is 14.2 Å². The Morgan fingerprint density at radius 1 is 1.03 bits per heavy atom. The maximum Gasteiger partial charge on any atom is 0.150 e. The fraction of sp³-hybridized carbons (Fsp3) is 0.452. The third kappa shape index (κ3) is 5.86. The van der Waals surface area contributed by atoms with Gasteiger partial charge in [-0.1, -0.05) is 79.1 Å². The van der Waals surface area contributed by atoms with Crippen molar-refractivity contribution in [3.63, 3.8) is 0 Å². The van der Waals surface area contributed by atoms with Gasteiger partial charge >= 0.3 is 0 Å². The average Bonchev–Trinajstić information content (AvgIpc) is 3.23. The average molecular weight is 471 g/mol. The zero-order valence-corrected chi connectivity index (χ0v) is 21.8. The molecule has 184 valence electrons. The molecule has 4 nitrogen and oxygen atoms in total. The van der Waals surface area contributed by atoms with Crippen LogP contribution in [0.1, 0.15) is 66.7 Å². The number of nitrogens with zero attached hydrogens (tertiary/aromatic N) is 3. The highest BCUT2D eigenvalue weighted by atomic mass is 16.3. The molecule has 2 aromatic carbocycles. The molecule has 4 rings (SSSR count). The van der Waals surface area contributed by atoms with Crippen molar-refractivity contribution in [2.75, 3.05) is 20.6 Å². The molecule has 1 saturated carbocycles. The smallest absolute Gasteiger partial charge is 0.150 e. The van der Waals surface area contributed by atoms with Crippen molar-refractivity contribution in [3.05, 3.63) is 89.0 Å². The number of aromatic nitrogens is 2. The zero-order valence-electron chi connectivity index (χ0n) is 21.8. The molecule has 35 heavy (non-hydrogen) atoms. The maximum absolute atomic E-state index is 12.3. The van der Waals surface area contributed by atoms with Gasteiger partial charge in [-0.25, -0.2) is 4.98 Å². The summed E-state index contributed by atoms with van der Waals surface area (Å²) in [7, 11) is 6.54. The summed E-state index contributed by atoms with van der Waals surface area (Å²) in [6.07, 6.45) is 8.47. The van der Waals surface area contributed by atoms with E-state index in [1.165, 1.54) is 24.8 Å². The SMILES string of the molecule is Cc1ccc(C#CCC[N+](C)(C)Cc2cnc(C(O)(c3ccccc3)C3CCCCC3)n2C)cc1. The molecule has 0 saturated heterocycles. The predicted molar refractivity (Wildman–Crippen MR) is 143 cm³/mol. The molecule has 1 N–H and O–H groups in total. The molecule has 4 heteroatoms. The number of hydrogen-bond acceptors (Lipinski definition) is 2. The fourth-order valence-corrected chi connectivity index (χ4v) is 5.38. The number of hydrogen-bond donors (Lipinski definition) is 1. The van der Waals surface area contributed by atoms with Gasteiger partial charge in [0.05, 0.1) is 39.0 Å². The van der Waals surface area contributed by atoms with Gasteiger partial charge in [0.1, 0.15) is 18.0 Å². The van der Waals surface area contributed by atoms with E-state index in [0.29, 0.717) is 0 Å². The second-order valence-corrected chi connectivity index (χ2v) is 10.8. The van der Waals surface area contributed by atoms with Crippen molar-refractivity contribution in [3.8, 4) is 11.8 Å². The van der Waals surface area contributed by atoms with E-state index in [0.717, 1.165) is 59.5 Å². The zero-order chi connectivity index (χ0) is 24.9. The summed E-state index contributed by atoms with van der Waals surface area (Å²) in [5.74, 6) is 7.59. The van der Waals surface area contributed by atoms with Gasteiger partial charge in [0.2, 0.25) is 0 Å². The molecule has 1 aromatic heterocycles. The summed E-state index contributed by atoms with van der Waals surface area (Å²) in [4.78, 5) is 4.84. The van der Waals surface area contributed by atoms with Gasteiger partial charge in [-0.15, -0.1) is 0 Å². The van der Waals surface area contributed by atoms with Gasteiger partial charge in [0.15, 0.2) is 0 Å². The molecule has 1 heterocycles. The predicted octanol–water partition coefficient (Wildman–Crippen LogP) is 5.56. The van der Waals surface area contributed by atoms with Crippen LogP contribution in [0.4, 0.5) is 0 Å². The normalized spacial score (nSPS) is 16.4. The number of imidazole rings is 1. The molecule has 3 aromatic rings. The summed E-state index contributed by atoms with van der Waals surface area (Å²) < 4.78 is 2.95. The highest BCUT2D eigenvalue weighted by Crippen LogP contribution is 2.43. The van der Waals surface area contributed by atoms with Crippen LogP contribution in [0.25, 0.3) is 0 Å². The second-order valence-electron chi connectivity index (χ2n) is 10.8. The van der Waals surface area contributed by atoms with Crippen molar-refractivity contribution in [2.45, 2.75) is 57.6 Å². The van der Waals surface area contributed by atoms with Crippen molar-refractivity contribution in [1.82, 2.24) is 9.55 Å². The first-order chi connectivity index (χ1) is 16.8. The van der Waals surface area contributed by atoms with Gasteiger partial charge in [0, 0.05) is 12.6 Å². The number of rotatable bonds is 7. The minimum atomic E-state index is -1.06. The van der Waals surface area contributed by atoms with Gasteiger partial charge in [0.25, 0.3) is 0 Å². The molecule has 1 atom stereocenters. The molecule has 1 fully saturated rings. The van der Waals surface area contributed by atoms with Crippen LogP contribution in [0, 0.1) is 24.7 Å². The highest BCUT2D eigenvalue weighted by molar-refractivity contribution is 5.36. The van der Waals surface area contributed by atoms with Crippen LogP contribution >= 0.6 is 0 Å². The quantitative estimate of drug-likeness (QED) is 0.362. The Labute approximate surface area is 211 Å². The van der Waals surface area contributed by atoms with E-state index < -0.39 is 5.60 Å². The molecule has 0 spiro atoms. The summed E-state index contributed by atoms with van der Waals surface area (Å²) in [6, 6.07) is 18.5. The Balaban J connectivity index is 1.51. The van der Waals surface area contributed by atoms with E-state index in [4.69, 9.17) is 4.98 Å². The number of aliphatic hydroxyl groups is 1. The van der Waals surface area contributed by atoms with Crippen LogP contribution in [0.5, 0.6) is 0 Å². The summed E-state index contributed by atoms with van der Waals surface area (Å²) >= 11 is 0. The van der Waals surface area contributed by atoms with E-state index in [-0.39, 0.29) is 5.92 Å². The summed E-state index contributed by atoms with van der Waals surface area (Å²) in [6.45, 7) is 3.88. The third-order valence-corrected chi connectivity index (χ3v) is 7.55. The van der Waals surface area contributed by atoms with E-state index >= 15 is 0 Å². The lowest BCUT2D eigenvalue weighted by Gasteiger charge is -2.38. The molecule has 0 bridgehead atoms. The first-order valence-corrected chi connectivity index (χ1v) is 13.0. The number of benzene rings is 2. The van der Waals surface area contributed by atoms with Gasteiger partial charge in [-0.05, 0) is 43.4 Å². The van der Waals surface area contributed by atoms with Crippen LogP contribution < -0.4 is 0 Å². The van der Waals surface area contributed by atoms with Crippen molar-refractivity contribution in [2.24, 2.45) is 13.0 Å². The van der Waals surface area contributed by atoms with Crippen LogP contribution in [0.2, 0.25) is 0 Å². The Morgan fingerprint density at radius 2 is 1.71 bits per heavy atom. The Kier molecular flexibility index (Phi) is 7.79. The molecule has 0 aliphatic heterocycles. The summed E-state index contributed by atoms with van der Waals surface area (Å²) in [5.41, 5.74) is 3.35. The first-order valence-electron chi connectivity index (χ1n) is 13.0. The van der Waals surface area contributed by atoms with Crippen molar-refractivity contribution in [1.29, 1.82) is 0 Å². The summed E-state index contributed by atoms with van der Waals surface area (Å²) in [5, 5.41) is 12.3. The first kappa shape index (κ1) is 25.2. The lowest BCUT2D eigenvalue weighted by atomic mass is 9.73. The fourth-order valence-electron chi connectivity index (χ4n) is 5.38. The van der Waals surface area contributed by atoms with E-state index in [1.54, 1.807) is 0 Å². The maximum atomic E-state index is 12.3. The minimum absolute atomic E-state index is 0.187. The largest absolute Gasteiger partial charge is 0.377 e. The lowest BCUT2D eigenvalue weighted by molar-refractivity contribution is -0.903. The Hall–Kier alpha value is -2.87. The monoisotopic (exact) mass is 470 g/mol. The second kappa shape index (κ2) is 10.8. The van der Waals surface area contributed by atoms with E-state index in [2.05, 4.69) is 80.9 Å². The molecule has 1 unspecified atom stereocenters. The van der Waals surface area contributed by atoms with E-state index in [1.807, 2.05) is 24.4 Å². The van der Waals surface area contributed by atoms with Crippen LogP contribution in [-0.4, -0.2) is 39.8 Å². The minimum Gasteiger partial charge on any atom is -0.377 e. The van der Waals surface area contributed by atoms with Crippen LogP contribution in [0.3, 0.4) is 0 Å². The molecule has 1 aliphatic carbocycles. The van der Waals surface area contributed by atoms with Gasteiger partial charge in [-0.2, -0.15) is 0 Å². The van der Waals surface area contributed by atoms with Crippen molar-refractivity contribution >= 4 is 0 Å². The van der Waals surface area contributed by atoms with Crippen LogP contribution in [0.15, 0.2) is 60.8 Å². The number of quaternary nitrogens is 1. The molecular formula is C31H40N3O+. The molecule has 1 aliphatic rings. The topological polar surface area (TPSA) is 38.1 Å². The third-order valence-electron chi connectivity index (χ3n) is 7.55. The molecule has 0 radical (unpaired) electrons. The Morgan fingerprint density at radius 3 is 2.40 bits per heavy atom. The standard InChI is InChI=1S/C31H40N3O/c1-25-18-20-26(21-19-25)13-11-12-22-34(3,4)24-29-23-32-30(33(29)2)31(35,27-14-7-5-8-15-27)28-16-9-6-10-17-28/h5,7-8,14-15,18-21,23,28,35H,6,9-10,12,16-17,22,24H2,1-4H3/q+1. The van der Waals surface area contributed by atoms with E-state index in [9.17, 15) is 5.11 Å². The number of aryl methyl sites for hydroxylation is 1. The Bertz CT molecular complexity index is 1160. The highest BCUT2D eigenvalue weighted by Gasteiger charge is 2.44. The van der Waals surface area contributed by atoms with Gasteiger partial charge in [-0.3, -0.25) is 0 Å².